The van der Waals surface area contributed by atoms with Crippen LogP contribution in [-0.2, 0) is 16.1 Å². The number of thiazole rings is 1. The van der Waals surface area contributed by atoms with Gasteiger partial charge < -0.3 is 25.8 Å². The number of anilines is 2. The second kappa shape index (κ2) is 12.7. The first-order valence-electron chi connectivity index (χ1n) is 11.7. The van der Waals surface area contributed by atoms with Gasteiger partial charge in [0.15, 0.2) is 5.13 Å². The summed E-state index contributed by atoms with van der Waals surface area (Å²) < 4.78 is 5.22. The predicted molar refractivity (Wildman–Crippen MR) is 143 cm³/mol. The third-order valence-corrected chi connectivity index (χ3v) is 5.65. The number of benzene rings is 2. The van der Waals surface area contributed by atoms with Gasteiger partial charge in [0, 0.05) is 17.6 Å². The number of urea groups is 1. The highest BCUT2D eigenvalue weighted by Crippen LogP contribution is 2.22. The van der Waals surface area contributed by atoms with Crippen LogP contribution in [0.5, 0.6) is 0 Å². The molecule has 0 saturated heterocycles. The number of carboxylic acids is 1. The Balaban J connectivity index is 1.56. The molecule has 2 aromatic carbocycles. The van der Waals surface area contributed by atoms with E-state index in [1.807, 2.05) is 30.3 Å². The number of carbonyl (C=O) groups is 4. The highest BCUT2D eigenvalue weighted by molar-refractivity contribution is 7.14. The van der Waals surface area contributed by atoms with Crippen molar-refractivity contribution in [3.63, 3.8) is 0 Å². The van der Waals surface area contributed by atoms with Gasteiger partial charge in [0.1, 0.15) is 11.3 Å². The van der Waals surface area contributed by atoms with Gasteiger partial charge in [-0.1, -0.05) is 42.5 Å². The van der Waals surface area contributed by atoms with E-state index in [0.29, 0.717) is 17.8 Å². The van der Waals surface area contributed by atoms with E-state index in [9.17, 15) is 24.3 Å². The van der Waals surface area contributed by atoms with Crippen LogP contribution in [0.4, 0.5) is 20.4 Å². The summed E-state index contributed by atoms with van der Waals surface area (Å²) in [4.78, 5) is 52.3. The molecule has 0 unspecified atom stereocenters. The Labute approximate surface area is 223 Å². The molecule has 12 heteroatoms. The number of ether oxygens (including phenoxy) is 1. The fraction of sp³-hybridized carbons (Fsp3) is 0.269. The summed E-state index contributed by atoms with van der Waals surface area (Å²) in [5, 5.41) is 21.6. The summed E-state index contributed by atoms with van der Waals surface area (Å²) >= 11 is 1.11. The van der Waals surface area contributed by atoms with Crippen LogP contribution in [0, 0.1) is 0 Å². The van der Waals surface area contributed by atoms with Crippen LogP contribution in [0.1, 0.15) is 54.8 Å². The zero-order chi connectivity index (χ0) is 27.7. The van der Waals surface area contributed by atoms with Crippen LogP contribution >= 0.6 is 11.3 Å². The monoisotopic (exact) mass is 539 g/mol. The summed E-state index contributed by atoms with van der Waals surface area (Å²) in [6, 6.07) is 14.5. The number of aromatic nitrogens is 1. The number of carbonyl (C=O) groups excluding carboxylic acids is 3. The lowest BCUT2D eigenvalue weighted by atomic mass is 10.0. The van der Waals surface area contributed by atoms with E-state index in [2.05, 4.69) is 26.3 Å². The van der Waals surface area contributed by atoms with Crippen molar-refractivity contribution in [2.45, 2.75) is 45.4 Å². The Hall–Kier alpha value is -4.45. The molecule has 0 radical (unpaired) electrons. The Bertz CT molecular complexity index is 1270. The number of amides is 4. The lowest BCUT2D eigenvalue weighted by Crippen LogP contribution is -2.35. The topological polar surface area (TPSA) is 159 Å². The number of carboxylic acid groups (broad SMARTS) is 1. The molecule has 11 nitrogen and oxygen atoms in total. The van der Waals surface area contributed by atoms with Crippen LogP contribution in [0.25, 0.3) is 0 Å². The third-order valence-electron chi connectivity index (χ3n) is 4.89. The molecular weight excluding hydrogens is 510 g/mol. The van der Waals surface area contributed by atoms with Gasteiger partial charge in [0.2, 0.25) is 0 Å². The molecule has 0 aliphatic carbocycles. The van der Waals surface area contributed by atoms with Crippen molar-refractivity contribution in [2.24, 2.45) is 0 Å². The SMILES string of the molecule is CC(C)(C)OC(=O)N[C@@H](CC(=O)O)c1ccc(NC(=O)c2csc(NC(=O)NCc3ccccc3)n2)cc1. The average molecular weight is 540 g/mol. The molecule has 1 atom stereocenters. The van der Waals surface area contributed by atoms with Gasteiger partial charge in [-0.15, -0.1) is 11.3 Å². The summed E-state index contributed by atoms with van der Waals surface area (Å²) in [6.45, 7) is 5.47. The van der Waals surface area contributed by atoms with Crippen LogP contribution in [-0.4, -0.2) is 39.7 Å². The standard InChI is InChI=1S/C26H29N5O6S/c1-26(2,3)37-25(36)30-19(13-21(32)33)17-9-11-18(12-10-17)28-22(34)20-15-38-24(29-20)31-23(35)27-14-16-7-5-4-6-8-16/h4-12,15,19H,13-14H2,1-3H3,(H,28,34)(H,30,36)(H,32,33)(H2,27,29,31,35)/t19-/m0/s1. The number of hydrogen-bond acceptors (Lipinski definition) is 7. The van der Waals surface area contributed by atoms with Gasteiger partial charge in [-0.2, -0.15) is 0 Å². The van der Waals surface area contributed by atoms with E-state index < -0.39 is 35.6 Å². The Morgan fingerprint density at radius 3 is 2.32 bits per heavy atom. The van der Waals surface area contributed by atoms with Crippen LogP contribution in [0.3, 0.4) is 0 Å². The second-order valence-corrected chi connectivity index (χ2v) is 10.1. The lowest BCUT2D eigenvalue weighted by molar-refractivity contribution is -0.137. The third kappa shape index (κ3) is 9.21. The highest BCUT2D eigenvalue weighted by Gasteiger charge is 2.22. The smallest absolute Gasteiger partial charge is 0.408 e. The predicted octanol–water partition coefficient (Wildman–Crippen LogP) is 4.76. The number of aliphatic carboxylic acids is 1. The van der Waals surface area contributed by atoms with Gasteiger partial charge >= 0.3 is 18.1 Å². The first-order valence-corrected chi connectivity index (χ1v) is 12.5. The van der Waals surface area contributed by atoms with Gasteiger partial charge in [0.25, 0.3) is 5.91 Å². The van der Waals surface area contributed by atoms with Crippen molar-refractivity contribution < 1.29 is 29.0 Å². The summed E-state index contributed by atoms with van der Waals surface area (Å²) in [5.41, 5.74) is 1.30. The second-order valence-electron chi connectivity index (χ2n) is 9.20. The maximum absolute atomic E-state index is 12.6. The Morgan fingerprint density at radius 2 is 1.68 bits per heavy atom. The van der Waals surface area contributed by atoms with Crippen LogP contribution < -0.4 is 21.3 Å². The first-order chi connectivity index (χ1) is 18.0. The van der Waals surface area contributed by atoms with Crippen LogP contribution in [0.15, 0.2) is 60.0 Å². The average Bonchev–Trinajstić information content (AvgIpc) is 3.30. The Morgan fingerprint density at radius 1 is 1.00 bits per heavy atom. The summed E-state index contributed by atoms with van der Waals surface area (Å²) in [7, 11) is 0. The molecule has 38 heavy (non-hydrogen) atoms. The van der Waals surface area contributed by atoms with Crippen molar-refractivity contribution in [2.75, 3.05) is 10.6 Å². The summed E-state index contributed by atoms with van der Waals surface area (Å²) in [6.07, 6.45) is -1.08. The molecule has 0 saturated carbocycles. The van der Waals surface area contributed by atoms with Gasteiger partial charge in [-0.25, -0.2) is 14.6 Å². The molecule has 4 amide bonds. The van der Waals surface area contributed by atoms with Gasteiger partial charge in [-0.3, -0.25) is 14.9 Å². The van der Waals surface area contributed by atoms with E-state index in [1.54, 1.807) is 45.0 Å². The summed E-state index contributed by atoms with van der Waals surface area (Å²) in [5.74, 6) is -1.58. The normalized spacial score (nSPS) is 11.7. The molecule has 0 bridgehead atoms. The number of nitrogens with zero attached hydrogens (tertiary/aromatic N) is 1. The molecule has 1 heterocycles. The highest BCUT2D eigenvalue weighted by atomic mass is 32.1. The van der Waals surface area contributed by atoms with Gasteiger partial charge in [0.05, 0.1) is 12.5 Å². The lowest BCUT2D eigenvalue weighted by Gasteiger charge is -2.23. The number of alkyl carbamates (subject to hydrolysis) is 1. The molecule has 0 aliphatic rings. The maximum atomic E-state index is 12.6. The minimum atomic E-state index is -1.09. The molecule has 3 aromatic rings. The van der Waals surface area contributed by atoms with E-state index in [0.717, 1.165) is 16.9 Å². The maximum Gasteiger partial charge on any atom is 0.408 e. The van der Waals surface area contributed by atoms with Crippen molar-refractivity contribution in [3.8, 4) is 0 Å². The number of rotatable bonds is 9. The number of nitrogens with one attached hydrogen (secondary N) is 4. The van der Waals surface area contributed by atoms with Gasteiger partial charge in [-0.05, 0) is 44.0 Å². The molecule has 5 N–H and O–H groups in total. The molecule has 0 aliphatic heterocycles. The molecular formula is C26H29N5O6S. The number of hydrogen-bond donors (Lipinski definition) is 5. The van der Waals surface area contributed by atoms with Crippen molar-refractivity contribution in [1.29, 1.82) is 0 Å². The van der Waals surface area contributed by atoms with Crippen LogP contribution in [0.2, 0.25) is 0 Å². The fourth-order valence-corrected chi connectivity index (χ4v) is 3.91. The molecule has 0 spiro atoms. The fourth-order valence-electron chi connectivity index (χ4n) is 3.23. The van der Waals surface area contributed by atoms with Crippen molar-refractivity contribution in [3.05, 3.63) is 76.8 Å². The van der Waals surface area contributed by atoms with E-state index in [-0.39, 0.29) is 17.2 Å². The van der Waals surface area contributed by atoms with Crippen molar-refractivity contribution in [1.82, 2.24) is 15.6 Å². The molecule has 200 valence electrons. The molecule has 1 aromatic heterocycles. The van der Waals surface area contributed by atoms with E-state index in [4.69, 9.17) is 4.74 Å². The Kier molecular flexibility index (Phi) is 9.39. The largest absolute Gasteiger partial charge is 0.481 e. The quantitative estimate of drug-likeness (QED) is 0.262. The van der Waals surface area contributed by atoms with Crippen molar-refractivity contribution >= 4 is 46.2 Å². The minimum absolute atomic E-state index is 0.118. The molecule has 3 rings (SSSR count). The molecule has 0 fully saturated rings. The minimum Gasteiger partial charge on any atom is -0.481 e. The van der Waals surface area contributed by atoms with E-state index in [1.165, 1.54) is 5.38 Å². The van der Waals surface area contributed by atoms with E-state index >= 15 is 0 Å². The zero-order valence-corrected chi connectivity index (χ0v) is 21.9. The zero-order valence-electron chi connectivity index (χ0n) is 21.1. The first kappa shape index (κ1) is 28.1.